The highest BCUT2D eigenvalue weighted by Gasteiger charge is 2.54. The zero-order valence-electron chi connectivity index (χ0n) is 19.2. The summed E-state index contributed by atoms with van der Waals surface area (Å²) < 4.78 is 5.96. The molecule has 8 heteroatoms. The van der Waals surface area contributed by atoms with Crippen LogP contribution in [0.5, 0.6) is 0 Å². The number of halogens is 1. The molecule has 0 spiro atoms. The van der Waals surface area contributed by atoms with Crippen molar-refractivity contribution in [2.45, 2.75) is 23.9 Å². The van der Waals surface area contributed by atoms with Crippen LogP contribution in [0.25, 0.3) is 0 Å². The summed E-state index contributed by atoms with van der Waals surface area (Å²) in [7, 11) is 0. The van der Waals surface area contributed by atoms with Gasteiger partial charge in [0.1, 0.15) is 17.1 Å². The predicted octanol–water partition coefficient (Wildman–Crippen LogP) is 4.41. The molecular formula is C28H23ClN2O4S. The first-order valence-corrected chi connectivity index (χ1v) is 12.9. The van der Waals surface area contributed by atoms with Gasteiger partial charge in [-0.2, -0.15) is 0 Å². The van der Waals surface area contributed by atoms with Gasteiger partial charge in [-0.05, 0) is 16.7 Å². The molecule has 182 valence electrons. The van der Waals surface area contributed by atoms with E-state index >= 15 is 0 Å². The Hall–Kier alpha value is -3.55. The molecular weight excluding hydrogens is 496 g/mol. The van der Waals surface area contributed by atoms with Crippen molar-refractivity contribution in [3.8, 4) is 0 Å². The van der Waals surface area contributed by atoms with Crippen LogP contribution in [-0.2, 0) is 25.5 Å². The summed E-state index contributed by atoms with van der Waals surface area (Å²) in [5.74, 6) is -0.967. The Morgan fingerprint density at radius 1 is 0.944 bits per heavy atom. The minimum atomic E-state index is -0.724. The highest BCUT2D eigenvalue weighted by Crippen LogP contribution is 2.42. The van der Waals surface area contributed by atoms with Gasteiger partial charge in [0.15, 0.2) is 6.10 Å². The van der Waals surface area contributed by atoms with E-state index in [1.54, 1.807) is 0 Å². The van der Waals surface area contributed by atoms with E-state index < -0.39 is 23.5 Å². The summed E-state index contributed by atoms with van der Waals surface area (Å²) in [6.07, 6.45) is -0.494. The highest BCUT2D eigenvalue weighted by molar-refractivity contribution is 8.00. The summed E-state index contributed by atoms with van der Waals surface area (Å²) in [4.78, 5) is 40.4. The van der Waals surface area contributed by atoms with Gasteiger partial charge < -0.3 is 10.1 Å². The number of carbonyl (C=O) groups excluding carboxylic acids is 3. The zero-order chi connectivity index (χ0) is 25.1. The molecule has 3 aromatic rings. The molecule has 2 atom stereocenters. The minimum Gasteiger partial charge on any atom is -0.448 e. The number of fused-ring (bicyclic) bond motifs is 1. The molecule has 1 N–H and O–H groups in total. The van der Waals surface area contributed by atoms with Crippen molar-refractivity contribution in [3.63, 3.8) is 0 Å². The molecule has 2 aliphatic heterocycles. The van der Waals surface area contributed by atoms with Crippen LogP contribution in [0.4, 0.5) is 0 Å². The summed E-state index contributed by atoms with van der Waals surface area (Å²) in [5, 5.41) is 2.64. The number of amides is 2. The minimum absolute atomic E-state index is 0.0378. The molecule has 1 fully saturated rings. The Labute approximate surface area is 218 Å². The maximum atomic E-state index is 13.4. The van der Waals surface area contributed by atoms with Gasteiger partial charge in [0, 0.05) is 5.75 Å². The number of esters is 1. The molecule has 2 aliphatic rings. The Morgan fingerprint density at radius 2 is 1.50 bits per heavy atom. The lowest BCUT2D eigenvalue weighted by atomic mass is 10.0. The van der Waals surface area contributed by atoms with Crippen molar-refractivity contribution >= 4 is 41.1 Å². The fourth-order valence-electron chi connectivity index (χ4n) is 4.32. The standard InChI is InChI=1S/C28H23ClN2O4S/c29-21-17-36-27-23(30-22(32)16-18-10-4-1-5-11-18)26(33)31(27)24(21)28(34)35-25(19-12-6-2-7-13-19)20-14-8-3-9-15-20/h1-15,23,25,27H,16-17H2,(H,30,32). The van der Waals surface area contributed by atoms with Gasteiger partial charge in [-0.15, -0.1) is 11.8 Å². The van der Waals surface area contributed by atoms with E-state index in [-0.39, 0.29) is 29.0 Å². The number of ether oxygens (including phenoxy) is 1. The second-order valence-electron chi connectivity index (χ2n) is 8.48. The molecule has 2 heterocycles. The third-order valence-electron chi connectivity index (χ3n) is 6.07. The maximum Gasteiger partial charge on any atom is 0.357 e. The first-order chi connectivity index (χ1) is 17.5. The van der Waals surface area contributed by atoms with E-state index in [9.17, 15) is 14.4 Å². The molecule has 1 saturated heterocycles. The van der Waals surface area contributed by atoms with Crippen molar-refractivity contribution in [3.05, 3.63) is 118 Å². The molecule has 6 nitrogen and oxygen atoms in total. The number of hydrogen-bond acceptors (Lipinski definition) is 5. The van der Waals surface area contributed by atoms with Gasteiger partial charge >= 0.3 is 5.97 Å². The van der Waals surface area contributed by atoms with Crippen molar-refractivity contribution in [2.75, 3.05) is 5.75 Å². The van der Waals surface area contributed by atoms with Crippen LogP contribution in [0.2, 0.25) is 0 Å². The van der Waals surface area contributed by atoms with Gasteiger partial charge in [-0.1, -0.05) is 103 Å². The van der Waals surface area contributed by atoms with Gasteiger partial charge in [-0.25, -0.2) is 4.79 Å². The third kappa shape index (κ3) is 4.90. The van der Waals surface area contributed by atoms with E-state index in [1.165, 1.54) is 16.7 Å². The van der Waals surface area contributed by atoms with E-state index in [1.807, 2.05) is 91.0 Å². The lowest BCUT2D eigenvalue weighted by Gasteiger charge is -2.49. The second kappa shape index (κ2) is 10.6. The molecule has 3 aromatic carbocycles. The summed E-state index contributed by atoms with van der Waals surface area (Å²) in [5.41, 5.74) is 2.50. The Morgan fingerprint density at radius 3 is 2.08 bits per heavy atom. The van der Waals surface area contributed by atoms with Crippen LogP contribution in [-0.4, -0.2) is 39.9 Å². The molecule has 0 aromatic heterocycles. The molecule has 36 heavy (non-hydrogen) atoms. The molecule has 0 bridgehead atoms. The van der Waals surface area contributed by atoms with Crippen molar-refractivity contribution in [1.82, 2.24) is 10.2 Å². The monoisotopic (exact) mass is 518 g/mol. The topological polar surface area (TPSA) is 75.7 Å². The number of hydrogen-bond donors (Lipinski definition) is 1. The fraction of sp³-hybridized carbons (Fsp3) is 0.179. The molecule has 2 unspecified atom stereocenters. The smallest absolute Gasteiger partial charge is 0.357 e. The largest absolute Gasteiger partial charge is 0.448 e. The van der Waals surface area contributed by atoms with Crippen LogP contribution in [0.3, 0.4) is 0 Å². The first-order valence-electron chi connectivity index (χ1n) is 11.5. The van der Waals surface area contributed by atoms with E-state index in [4.69, 9.17) is 16.3 Å². The zero-order valence-corrected chi connectivity index (χ0v) is 20.7. The molecule has 2 amide bonds. The summed E-state index contributed by atoms with van der Waals surface area (Å²) in [6.45, 7) is 0. The average molecular weight is 519 g/mol. The number of nitrogens with zero attached hydrogens (tertiary/aromatic N) is 1. The quantitative estimate of drug-likeness (QED) is 0.370. The number of carbonyl (C=O) groups is 3. The Kier molecular flexibility index (Phi) is 7.11. The normalized spacial score (nSPS) is 18.9. The van der Waals surface area contributed by atoms with Crippen LogP contribution in [0, 0.1) is 0 Å². The van der Waals surface area contributed by atoms with Crippen LogP contribution < -0.4 is 5.32 Å². The van der Waals surface area contributed by atoms with E-state index in [2.05, 4.69) is 5.32 Å². The van der Waals surface area contributed by atoms with Gasteiger partial charge in [0.25, 0.3) is 5.91 Å². The molecule has 5 rings (SSSR count). The number of thioether (sulfide) groups is 1. The van der Waals surface area contributed by atoms with Crippen LogP contribution in [0.1, 0.15) is 22.8 Å². The fourth-order valence-corrected chi connectivity index (χ4v) is 5.87. The van der Waals surface area contributed by atoms with Crippen LogP contribution in [0.15, 0.2) is 102 Å². The number of benzene rings is 3. The second-order valence-corrected chi connectivity index (χ2v) is 10.0. The van der Waals surface area contributed by atoms with Gasteiger partial charge in [-0.3, -0.25) is 14.5 Å². The third-order valence-corrected chi connectivity index (χ3v) is 7.82. The van der Waals surface area contributed by atoms with E-state index in [0.717, 1.165) is 16.7 Å². The van der Waals surface area contributed by atoms with Gasteiger partial charge in [0.2, 0.25) is 5.91 Å². The maximum absolute atomic E-state index is 13.4. The predicted molar refractivity (Wildman–Crippen MR) is 139 cm³/mol. The number of β-lactam (4-membered cyclic amide) rings is 1. The SMILES string of the molecule is O=C(Cc1ccccc1)NC1C(=O)N2C(C(=O)OC(c3ccccc3)c3ccccc3)=C(Cl)CSC12. The van der Waals surface area contributed by atoms with Crippen molar-refractivity contribution < 1.29 is 19.1 Å². The number of nitrogens with one attached hydrogen (secondary N) is 1. The van der Waals surface area contributed by atoms with Crippen LogP contribution >= 0.6 is 23.4 Å². The lowest BCUT2D eigenvalue weighted by molar-refractivity contribution is -0.154. The van der Waals surface area contributed by atoms with Gasteiger partial charge in [0.05, 0.1) is 11.5 Å². The number of rotatable bonds is 7. The molecule has 0 saturated carbocycles. The van der Waals surface area contributed by atoms with Crippen molar-refractivity contribution in [2.24, 2.45) is 0 Å². The Balaban J connectivity index is 1.32. The lowest BCUT2D eigenvalue weighted by Crippen LogP contribution is -2.70. The first kappa shape index (κ1) is 24.2. The molecule has 0 radical (unpaired) electrons. The highest BCUT2D eigenvalue weighted by atomic mass is 35.5. The average Bonchev–Trinajstić information content (AvgIpc) is 2.91. The summed E-state index contributed by atoms with van der Waals surface area (Å²) in [6, 6.07) is 27.4. The van der Waals surface area contributed by atoms with Crippen molar-refractivity contribution in [1.29, 1.82) is 0 Å². The molecule has 0 aliphatic carbocycles. The Bertz CT molecular complexity index is 1260. The van der Waals surface area contributed by atoms with E-state index in [0.29, 0.717) is 5.75 Å². The summed E-state index contributed by atoms with van der Waals surface area (Å²) >= 11 is 7.86.